The van der Waals surface area contributed by atoms with Gasteiger partial charge in [-0.2, -0.15) is 0 Å². The minimum absolute atomic E-state index is 0.268. The summed E-state index contributed by atoms with van der Waals surface area (Å²) in [5.74, 6) is -0.00555. The first-order chi connectivity index (χ1) is 13.7. The second kappa shape index (κ2) is 7.89. The van der Waals surface area contributed by atoms with Gasteiger partial charge in [-0.05, 0) is 50.3 Å². The maximum atomic E-state index is 12.4. The maximum absolute atomic E-state index is 12.4. The molecule has 1 aromatic heterocycles. The molecule has 0 amide bonds. The van der Waals surface area contributed by atoms with Crippen LogP contribution in [-0.2, 0) is 22.4 Å². The van der Waals surface area contributed by atoms with Crippen LogP contribution in [-0.4, -0.2) is 12.6 Å². The van der Waals surface area contributed by atoms with Gasteiger partial charge in [-0.1, -0.05) is 30.3 Å². The molecule has 1 aliphatic carbocycles. The Morgan fingerprint density at radius 1 is 1.07 bits per heavy atom. The monoisotopic (exact) mass is 378 g/mol. The Kier molecular flexibility index (Phi) is 5.15. The highest BCUT2D eigenvalue weighted by Gasteiger charge is 2.25. The fraction of sp³-hybridized carbons (Fsp3) is 0.304. The van der Waals surface area contributed by atoms with Crippen LogP contribution in [0.3, 0.4) is 0 Å². The van der Waals surface area contributed by atoms with Crippen molar-refractivity contribution in [2.75, 3.05) is 6.61 Å². The topological polar surface area (TPSA) is 65.7 Å². The summed E-state index contributed by atoms with van der Waals surface area (Å²) in [6.45, 7) is 2.03. The van der Waals surface area contributed by atoms with Crippen LogP contribution >= 0.6 is 0 Å². The lowest BCUT2D eigenvalue weighted by Crippen LogP contribution is -2.21. The number of benzene rings is 2. The molecule has 0 radical (unpaired) electrons. The zero-order valence-corrected chi connectivity index (χ0v) is 15.8. The summed E-state index contributed by atoms with van der Waals surface area (Å²) in [4.78, 5) is 24.8. The summed E-state index contributed by atoms with van der Waals surface area (Å²) < 4.78 is 16.7. The molecule has 144 valence electrons. The molecule has 5 nitrogen and oxygen atoms in total. The van der Waals surface area contributed by atoms with Gasteiger partial charge in [0.05, 0.1) is 6.61 Å². The van der Waals surface area contributed by atoms with Crippen molar-refractivity contribution >= 4 is 16.9 Å². The van der Waals surface area contributed by atoms with E-state index in [0.717, 1.165) is 42.2 Å². The van der Waals surface area contributed by atoms with Gasteiger partial charge in [-0.15, -0.1) is 0 Å². The molecule has 0 bridgehead atoms. The van der Waals surface area contributed by atoms with Crippen LogP contribution in [0, 0.1) is 0 Å². The number of carbonyl (C=O) groups excluding carboxylic acids is 1. The van der Waals surface area contributed by atoms with Crippen molar-refractivity contribution in [1.29, 1.82) is 0 Å². The maximum Gasteiger partial charge on any atom is 0.352 e. The SMILES string of the molecule is CCOC(=O)[C@H](Oc1ccc2c3c(c(=O)oc2c1)CCCC3)c1ccccc1. The minimum Gasteiger partial charge on any atom is -0.474 e. The van der Waals surface area contributed by atoms with Crippen molar-refractivity contribution < 1.29 is 18.7 Å². The molecule has 0 saturated carbocycles. The third-order valence-corrected chi connectivity index (χ3v) is 5.05. The Morgan fingerprint density at radius 3 is 2.57 bits per heavy atom. The molecule has 2 aromatic carbocycles. The quantitative estimate of drug-likeness (QED) is 0.488. The lowest BCUT2D eigenvalue weighted by molar-refractivity contribution is -0.151. The number of hydrogen-bond donors (Lipinski definition) is 0. The molecular formula is C23H22O5. The normalized spacial score (nSPS) is 14.3. The number of aryl methyl sites for hydroxylation is 1. The average molecular weight is 378 g/mol. The molecule has 0 unspecified atom stereocenters. The molecule has 0 spiro atoms. The fourth-order valence-electron chi connectivity index (χ4n) is 3.73. The molecule has 1 aliphatic rings. The van der Waals surface area contributed by atoms with E-state index >= 15 is 0 Å². The molecule has 0 fully saturated rings. The molecule has 0 aliphatic heterocycles. The number of hydrogen-bond acceptors (Lipinski definition) is 5. The summed E-state index contributed by atoms with van der Waals surface area (Å²) in [6, 6.07) is 14.6. The molecular weight excluding hydrogens is 356 g/mol. The van der Waals surface area contributed by atoms with Crippen LogP contribution in [0.25, 0.3) is 11.0 Å². The molecule has 0 saturated heterocycles. The van der Waals surface area contributed by atoms with Crippen molar-refractivity contribution in [3.05, 3.63) is 75.6 Å². The van der Waals surface area contributed by atoms with E-state index in [0.29, 0.717) is 16.9 Å². The largest absolute Gasteiger partial charge is 0.474 e. The van der Waals surface area contributed by atoms with Crippen LogP contribution in [0.1, 0.15) is 42.6 Å². The van der Waals surface area contributed by atoms with Gasteiger partial charge in [0.1, 0.15) is 11.3 Å². The van der Waals surface area contributed by atoms with Crippen LogP contribution in [0.2, 0.25) is 0 Å². The van der Waals surface area contributed by atoms with Crippen molar-refractivity contribution in [2.24, 2.45) is 0 Å². The first-order valence-electron chi connectivity index (χ1n) is 9.64. The van der Waals surface area contributed by atoms with E-state index in [1.54, 1.807) is 13.0 Å². The summed E-state index contributed by atoms with van der Waals surface area (Å²) in [7, 11) is 0. The van der Waals surface area contributed by atoms with Gasteiger partial charge in [-0.3, -0.25) is 0 Å². The number of carbonyl (C=O) groups is 1. The Hall–Kier alpha value is -3.08. The molecule has 5 heteroatoms. The average Bonchev–Trinajstić information content (AvgIpc) is 2.73. The Labute approximate surface area is 162 Å². The summed E-state index contributed by atoms with van der Waals surface area (Å²) >= 11 is 0. The molecule has 28 heavy (non-hydrogen) atoms. The van der Waals surface area contributed by atoms with Gasteiger partial charge >= 0.3 is 11.6 Å². The minimum atomic E-state index is -0.886. The van der Waals surface area contributed by atoms with Crippen LogP contribution < -0.4 is 10.4 Å². The van der Waals surface area contributed by atoms with Crippen molar-refractivity contribution in [3.8, 4) is 5.75 Å². The van der Waals surface area contributed by atoms with Gasteiger partial charge in [0.2, 0.25) is 6.10 Å². The van der Waals surface area contributed by atoms with E-state index in [9.17, 15) is 9.59 Å². The van der Waals surface area contributed by atoms with Crippen molar-refractivity contribution in [2.45, 2.75) is 38.7 Å². The zero-order chi connectivity index (χ0) is 19.5. The predicted molar refractivity (Wildman–Crippen MR) is 106 cm³/mol. The second-order valence-electron chi connectivity index (χ2n) is 6.87. The van der Waals surface area contributed by atoms with E-state index in [-0.39, 0.29) is 12.2 Å². The summed E-state index contributed by atoms with van der Waals surface area (Å²) in [6.07, 6.45) is 2.85. The van der Waals surface area contributed by atoms with Crippen molar-refractivity contribution in [1.82, 2.24) is 0 Å². The lowest BCUT2D eigenvalue weighted by atomic mass is 9.91. The predicted octanol–water partition coefficient (Wildman–Crippen LogP) is 4.36. The van der Waals surface area contributed by atoms with Crippen LogP contribution in [0.5, 0.6) is 5.75 Å². The van der Waals surface area contributed by atoms with Crippen molar-refractivity contribution in [3.63, 3.8) is 0 Å². The van der Waals surface area contributed by atoms with Crippen LogP contribution in [0.15, 0.2) is 57.7 Å². The van der Waals surface area contributed by atoms with E-state index in [4.69, 9.17) is 13.9 Å². The number of esters is 1. The number of ether oxygens (including phenoxy) is 2. The Balaban J connectivity index is 1.71. The third-order valence-electron chi connectivity index (χ3n) is 5.05. The molecule has 4 rings (SSSR count). The number of fused-ring (bicyclic) bond motifs is 3. The van der Waals surface area contributed by atoms with Gasteiger partial charge in [0.15, 0.2) is 0 Å². The Morgan fingerprint density at radius 2 is 1.82 bits per heavy atom. The van der Waals surface area contributed by atoms with Gasteiger partial charge in [-0.25, -0.2) is 9.59 Å². The highest BCUT2D eigenvalue weighted by molar-refractivity contribution is 5.83. The summed E-state index contributed by atoms with van der Waals surface area (Å²) in [5, 5.41) is 0.939. The number of rotatable bonds is 5. The van der Waals surface area contributed by atoms with Gasteiger partial charge < -0.3 is 13.9 Å². The Bertz CT molecular complexity index is 1050. The van der Waals surface area contributed by atoms with Crippen LogP contribution in [0.4, 0.5) is 0 Å². The second-order valence-corrected chi connectivity index (χ2v) is 6.87. The third kappa shape index (κ3) is 3.52. The van der Waals surface area contributed by atoms with Gasteiger partial charge in [0.25, 0.3) is 0 Å². The first-order valence-corrected chi connectivity index (χ1v) is 9.64. The molecule has 1 heterocycles. The smallest absolute Gasteiger partial charge is 0.352 e. The standard InChI is InChI=1S/C23H22O5/c1-2-26-23(25)21(15-8-4-3-5-9-15)27-16-12-13-18-17-10-6-7-11-19(17)22(24)28-20(18)14-16/h3-5,8-9,12-14,21H,2,6-7,10-11H2,1H3/t21-/m1/s1. The first kappa shape index (κ1) is 18.3. The summed E-state index contributed by atoms with van der Waals surface area (Å²) in [5.41, 5.74) is 2.78. The van der Waals surface area contributed by atoms with E-state index < -0.39 is 12.1 Å². The lowest BCUT2D eigenvalue weighted by Gasteiger charge is -2.19. The highest BCUT2D eigenvalue weighted by atomic mass is 16.6. The van der Waals surface area contributed by atoms with E-state index in [2.05, 4.69) is 0 Å². The van der Waals surface area contributed by atoms with E-state index in [1.165, 1.54) is 0 Å². The molecule has 0 N–H and O–H groups in total. The molecule has 1 atom stereocenters. The van der Waals surface area contributed by atoms with Gasteiger partial charge in [0, 0.05) is 22.6 Å². The highest BCUT2D eigenvalue weighted by Crippen LogP contribution is 2.31. The molecule has 3 aromatic rings. The zero-order valence-electron chi connectivity index (χ0n) is 15.8. The fourth-order valence-corrected chi connectivity index (χ4v) is 3.73. The van der Waals surface area contributed by atoms with E-state index in [1.807, 2.05) is 42.5 Å².